The van der Waals surface area contributed by atoms with Gasteiger partial charge >= 0.3 is 5.97 Å². The van der Waals surface area contributed by atoms with Crippen molar-refractivity contribution in [1.82, 2.24) is 0 Å². The lowest BCUT2D eigenvalue weighted by molar-refractivity contribution is -0.203. The molecule has 3 N–H and O–H groups in total. The molecule has 4 fully saturated rings. The van der Waals surface area contributed by atoms with Crippen LogP contribution in [0.4, 0.5) is 4.39 Å². The Balaban J connectivity index is 1.30. The molecule has 0 radical (unpaired) electrons. The van der Waals surface area contributed by atoms with E-state index in [1.54, 1.807) is 6.07 Å². The second-order valence-electron chi connectivity index (χ2n) is 14.1. The predicted molar refractivity (Wildman–Crippen MR) is 147 cm³/mol. The van der Waals surface area contributed by atoms with E-state index in [1.165, 1.54) is 31.7 Å². The quantitative estimate of drug-likeness (QED) is 0.352. The molecule has 4 nitrogen and oxygen atoms in total. The van der Waals surface area contributed by atoms with Gasteiger partial charge in [0.25, 0.3) is 0 Å². The highest BCUT2D eigenvalue weighted by atomic mass is 19.1. The summed E-state index contributed by atoms with van der Waals surface area (Å²) >= 11 is 0. The first kappa shape index (κ1) is 28.1. The van der Waals surface area contributed by atoms with E-state index in [-0.39, 0.29) is 34.5 Å². The van der Waals surface area contributed by atoms with Gasteiger partial charge in [-0.2, -0.15) is 0 Å². The molecule has 0 heterocycles. The zero-order valence-corrected chi connectivity index (χ0v) is 23.8. The first-order chi connectivity index (χ1) is 18.0. The fraction of sp³-hybridized carbons (Fsp3) is 0.788. The average molecular weight is 529 g/mol. The number of carboxylic acids is 1. The number of halogens is 1. The number of rotatable bonds is 7. The molecule has 4 aliphatic carbocycles. The van der Waals surface area contributed by atoms with Gasteiger partial charge in [-0.3, -0.25) is 0 Å². The summed E-state index contributed by atoms with van der Waals surface area (Å²) in [4.78, 5) is 11.6. The molecule has 4 aliphatic rings. The lowest BCUT2D eigenvalue weighted by atomic mass is 9.41. The van der Waals surface area contributed by atoms with Gasteiger partial charge in [-0.1, -0.05) is 46.6 Å². The second kappa shape index (κ2) is 10.5. The molecule has 5 heteroatoms. The highest BCUT2D eigenvalue weighted by Crippen LogP contribution is 2.69. The minimum atomic E-state index is -1.06. The van der Waals surface area contributed by atoms with Crippen LogP contribution in [0.2, 0.25) is 0 Å². The Bertz CT molecular complexity index is 1030. The number of carbonyl (C=O) groups is 1. The molecular weight excluding hydrogens is 479 g/mol. The molecule has 0 spiro atoms. The molecule has 0 aliphatic heterocycles. The molecule has 212 valence electrons. The summed E-state index contributed by atoms with van der Waals surface area (Å²) in [5, 5.41) is 31.9. The van der Waals surface area contributed by atoms with Gasteiger partial charge in [0, 0.05) is 0 Å². The largest absolute Gasteiger partial charge is 0.478 e. The number of benzene rings is 1. The smallest absolute Gasteiger partial charge is 0.336 e. The van der Waals surface area contributed by atoms with E-state index in [9.17, 15) is 24.5 Å². The van der Waals surface area contributed by atoms with Crippen molar-refractivity contribution in [2.45, 2.75) is 111 Å². The van der Waals surface area contributed by atoms with Crippen LogP contribution < -0.4 is 0 Å². The Morgan fingerprint density at radius 2 is 1.76 bits per heavy atom. The van der Waals surface area contributed by atoms with E-state index >= 15 is 0 Å². The molecule has 1 aromatic carbocycles. The first-order valence-corrected chi connectivity index (χ1v) is 15.4. The summed E-state index contributed by atoms with van der Waals surface area (Å²) in [6.07, 6.45) is 10.8. The van der Waals surface area contributed by atoms with Gasteiger partial charge in [0.15, 0.2) is 0 Å². The topological polar surface area (TPSA) is 77.8 Å². The molecule has 38 heavy (non-hydrogen) atoms. The van der Waals surface area contributed by atoms with Gasteiger partial charge in [0.1, 0.15) is 5.82 Å². The van der Waals surface area contributed by atoms with Crippen LogP contribution >= 0.6 is 0 Å². The zero-order chi connectivity index (χ0) is 27.4. The Hall–Kier alpha value is -1.46. The number of aryl methyl sites for hydroxylation is 1. The molecular formula is C33H49FO4. The highest BCUT2D eigenvalue weighted by molar-refractivity contribution is 5.89. The van der Waals surface area contributed by atoms with Crippen molar-refractivity contribution >= 4 is 5.97 Å². The summed E-state index contributed by atoms with van der Waals surface area (Å²) in [6, 6.07) is 4.13. The van der Waals surface area contributed by atoms with Gasteiger partial charge < -0.3 is 15.3 Å². The molecule has 4 saturated carbocycles. The molecule has 0 saturated heterocycles. The maximum absolute atomic E-state index is 13.6. The van der Waals surface area contributed by atoms with E-state index in [0.717, 1.165) is 50.2 Å². The van der Waals surface area contributed by atoms with E-state index in [2.05, 4.69) is 27.7 Å². The molecule has 5 rings (SSSR count). The summed E-state index contributed by atoms with van der Waals surface area (Å²) in [6.45, 7) is 9.61. The molecule has 0 bridgehead atoms. The Kier molecular flexibility index (Phi) is 7.76. The maximum Gasteiger partial charge on any atom is 0.336 e. The van der Waals surface area contributed by atoms with E-state index in [1.807, 2.05) is 0 Å². The van der Waals surface area contributed by atoms with Crippen LogP contribution in [0.25, 0.3) is 0 Å². The first-order valence-electron chi connectivity index (χ1n) is 15.4. The predicted octanol–water partition coefficient (Wildman–Crippen LogP) is 7.11. The van der Waals surface area contributed by atoms with Crippen LogP contribution in [0.5, 0.6) is 0 Å². The van der Waals surface area contributed by atoms with Gasteiger partial charge in [-0.05, 0) is 128 Å². The summed E-state index contributed by atoms with van der Waals surface area (Å²) in [7, 11) is 0. The Morgan fingerprint density at radius 3 is 2.47 bits per heavy atom. The van der Waals surface area contributed by atoms with Gasteiger partial charge in [0.2, 0.25) is 0 Å². The minimum Gasteiger partial charge on any atom is -0.478 e. The van der Waals surface area contributed by atoms with Crippen molar-refractivity contribution in [2.24, 2.45) is 52.3 Å². The lowest BCUT2D eigenvalue weighted by Gasteiger charge is -2.64. The normalized spacial score (nSPS) is 43.1. The van der Waals surface area contributed by atoms with Gasteiger partial charge in [0.05, 0.1) is 17.8 Å². The fourth-order valence-electron chi connectivity index (χ4n) is 10.7. The SMILES string of the molecule is CC[C@H]1[C@@H](O)C2C3CC[C@H]([C@H](C)CCCc4ccc(F)cc4C(=O)O)[C@@]3(C)CCC2[C@@]2(C)CC[C@@H](O)C[C@@H]12. The van der Waals surface area contributed by atoms with E-state index < -0.39 is 11.8 Å². The molecule has 11 atom stereocenters. The number of aliphatic hydroxyl groups is 2. The third-order valence-electron chi connectivity index (χ3n) is 12.6. The highest BCUT2D eigenvalue weighted by Gasteiger charge is 2.64. The molecule has 3 unspecified atom stereocenters. The monoisotopic (exact) mass is 528 g/mol. The third kappa shape index (κ3) is 4.54. The van der Waals surface area contributed by atoms with Gasteiger partial charge in [-0.25, -0.2) is 9.18 Å². The second-order valence-corrected chi connectivity index (χ2v) is 14.1. The maximum atomic E-state index is 13.6. The molecule has 0 aromatic heterocycles. The molecule has 0 amide bonds. The van der Waals surface area contributed by atoms with Crippen LogP contribution in [0.15, 0.2) is 18.2 Å². The summed E-state index contributed by atoms with van der Waals surface area (Å²) in [5.74, 6) is 1.78. The van der Waals surface area contributed by atoms with Crippen molar-refractivity contribution in [3.8, 4) is 0 Å². The minimum absolute atomic E-state index is 0.0858. The summed E-state index contributed by atoms with van der Waals surface area (Å²) < 4.78 is 13.6. The van der Waals surface area contributed by atoms with Crippen molar-refractivity contribution in [2.75, 3.05) is 0 Å². The van der Waals surface area contributed by atoms with Crippen LogP contribution in [-0.4, -0.2) is 33.5 Å². The zero-order valence-electron chi connectivity index (χ0n) is 23.8. The van der Waals surface area contributed by atoms with E-state index in [4.69, 9.17) is 0 Å². The standard InChI is InChI=1S/C33H49FO4/c1-5-23-28-18-22(35)13-15-33(28,4)27-14-16-32(3)25(11-12-26(32)29(27)30(23)36)19(2)7-6-8-20-9-10-21(34)17-24(20)31(37)38/h9-10,17,19,22-23,25-30,35-36H,5-8,11-16,18H2,1-4H3,(H,37,38)/t19-,22-,23-,25-,26?,27?,28+,29?,30-,32-,33-/m1/s1. The van der Waals surface area contributed by atoms with Crippen molar-refractivity contribution in [1.29, 1.82) is 0 Å². The third-order valence-corrected chi connectivity index (χ3v) is 12.6. The van der Waals surface area contributed by atoms with Crippen molar-refractivity contribution in [3.63, 3.8) is 0 Å². The lowest BCUT2D eigenvalue weighted by Crippen LogP contribution is -2.62. The van der Waals surface area contributed by atoms with Crippen LogP contribution in [0, 0.1) is 58.1 Å². The number of aromatic carboxylic acids is 1. The number of hydrogen-bond acceptors (Lipinski definition) is 3. The average Bonchev–Trinajstić information content (AvgIpc) is 3.23. The van der Waals surface area contributed by atoms with Crippen molar-refractivity contribution < 1.29 is 24.5 Å². The number of aliphatic hydroxyl groups excluding tert-OH is 2. The number of hydrogen-bond donors (Lipinski definition) is 3. The van der Waals surface area contributed by atoms with Gasteiger partial charge in [-0.15, -0.1) is 0 Å². The van der Waals surface area contributed by atoms with E-state index in [0.29, 0.717) is 41.9 Å². The van der Waals surface area contributed by atoms with Crippen LogP contribution in [0.1, 0.15) is 108 Å². The Morgan fingerprint density at radius 1 is 1.05 bits per heavy atom. The number of carboxylic acid groups (broad SMARTS) is 1. The van der Waals surface area contributed by atoms with Crippen LogP contribution in [-0.2, 0) is 6.42 Å². The Labute approximate surface area is 228 Å². The summed E-state index contributed by atoms with van der Waals surface area (Å²) in [5.41, 5.74) is 1.27. The van der Waals surface area contributed by atoms with Crippen LogP contribution in [0.3, 0.4) is 0 Å². The fourth-order valence-corrected chi connectivity index (χ4v) is 10.7. The number of fused-ring (bicyclic) bond motifs is 5. The molecule has 1 aromatic rings. The van der Waals surface area contributed by atoms with Crippen molar-refractivity contribution in [3.05, 3.63) is 35.1 Å².